The van der Waals surface area contributed by atoms with Crippen LogP contribution in [-0.2, 0) is 6.54 Å². The van der Waals surface area contributed by atoms with Gasteiger partial charge in [-0.3, -0.25) is 9.80 Å². The molecule has 6 heteroatoms. The van der Waals surface area contributed by atoms with E-state index in [0.717, 1.165) is 50.1 Å². The number of benzene rings is 1. The maximum absolute atomic E-state index is 11.9. The largest absolute Gasteiger partial charge is 0.497 e. The van der Waals surface area contributed by atoms with Gasteiger partial charge in [0, 0.05) is 56.3 Å². The Labute approximate surface area is 147 Å². The van der Waals surface area contributed by atoms with Crippen molar-refractivity contribution in [2.75, 3.05) is 39.9 Å². The lowest BCUT2D eigenvalue weighted by Crippen LogP contribution is -2.50. The van der Waals surface area contributed by atoms with E-state index < -0.39 is 0 Å². The molecular weight excluding hydrogens is 320 g/mol. The summed E-state index contributed by atoms with van der Waals surface area (Å²) in [4.78, 5) is 16.6. The van der Waals surface area contributed by atoms with Crippen molar-refractivity contribution in [1.29, 1.82) is 0 Å². The molecule has 25 heavy (non-hydrogen) atoms. The molecule has 0 radical (unpaired) electrons. The van der Waals surface area contributed by atoms with Gasteiger partial charge in [0.05, 0.1) is 13.7 Å². The Bertz CT molecular complexity index is 762. The number of piperazine rings is 1. The van der Waals surface area contributed by atoms with Crippen molar-refractivity contribution < 1.29 is 14.3 Å². The smallest absolute Gasteiger partial charge is 0.336 e. The summed E-state index contributed by atoms with van der Waals surface area (Å²) < 4.78 is 10.5. The maximum Gasteiger partial charge on any atom is 0.336 e. The summed E-state index contributed by atoms with van der Waals surface area (Å²) in [6, 6.07) is 7.42. The van der Waals surface area contributed by atoms with Crippen molar-refractivity contribution in [3.05, 3.63) is 40.2 Å². The van der Waals surface area contributed by atoms with E-state index in [2.05, 4.69) is 16.7 Å². The standard InChI is InChI=1S/C19H26N2O4/c1-3-15(13-22)21-8-6-20(7-9-21)12-14-10-19(23)25-18-11-16(24-2)4-5-17(14)18/h4-5,10-11,15,22H,3,6-9,12-13H2,1-2H3. The topological polar surface area (TPSA) is 66.2 Å². The first-order valence-electron chi connectivity index (χ1n) is 8.82. The monoisotopic (exact) mass is 346 g/mol. The molecule has 0 saturated carbocycles. The molecule has 1 aromatic heterocycles. The first kappa shape index (κ1) is 17.9. The third-order valence-electron chi connectivity index (χ3n) is 5.04. The van der Waals surface area contributed by atoms with Crippen LogP contribution in [-0.4, -0.2) is 60.8 Å². The molecule has 6 nitrogen and oxygen atoms in total. The average Bonchev–Trinajstić information content (AvgIpc) is 2.63. The molecule has 0 amide bonds. The van der Waals surface area contributed by atoms with Gasteiger partial charge in [0.1, 0.15) is 11.3 Å². The lowest BCUT2D eigenvalue weighted by Gasteiger charge is -2.38. The summed E-state index contributed by atoms with van der Waals surface area (Å²) in [5.74, 6) is 0.677. The first-order valence-corrected chi connectivity index (χ1v) is 8.82. The molecule has 0 aliphatic carbocycles. The number of aliphatic hydroxyl groups is 1. The summed E-state index contributed by atoms with van der Waals surface area (Å²) in [7, 11) is 1.60. The molecule has 2 heterocycles. The van der Waals surface area contributed by atoms with Gasteiger partial charge in [0.15, 0.2) is 0 Å². The van der Waals surface area contributed by atoms with E-state index in [-0.39, 0.29) is 18.3 Å². The van der Waals surface area contributed by atoms with Crippen molar-refractivity contribution in [3.63, 3.8) is 0 Å². The van der Waals surface area contributed by atoms with Crippen LogP contribution in [0.25, 0.3) is 11.0 Å². The third kappa shape index (κ3) is 4.03. The van der Waals surface area contributed by atoms with Gasteiger partial charge in [-0.05, 0) is 24.1 Å². The number of hydrogen-bond acceptors (Lipinski definition) is 6. The fourth-order valence-electron chi connectivity index (χ4n) is 3.50. The Morgan fingerprint density at radius 2 is 2.00 bits per heavy atom. The van der Waals surface area contributed by atoms with E-state index in [0.29, 0.717) is 11.3 Å². The molecule has 0 spiro atoms. The highest BCUT2D eigenvalue weighted by atomic mass is 16.5. The van der Waals surface area contributed by atoms with Gasteiger partial charge >= 0.3 is 5.63 Å². The third-order valence-corrected chi connectivity index (χ3v) is 5.04. The molecule has 1 aliphatic rings. The Kier molecular flexibility index (Phi) is 5.73. The molecule has 0 bridgehead atoms. The summed E-state index contributed by atoms with van der Waals surface area (Å²) in [5, 5.41) is 10.4. The molecular formula is C19H26N2O4. The van der Waals surface area contributed by atoms with Crippen LogP contribution in [0, 0.1) is 0 Å². The first-order chi connectivity index (χ1) is 12.1. The number of ether oxygens (including phenoxy) is 1. The quantitative estimate of drug-likeness (QED) is 0.803. The SMILES string of the molecule is CCC(CO)N1CCN(Cc2cc(=O)oc3cc(OC)ccc23)CC1. The zero-order valence-electron chi connectivity index (χ0n) is 14.9. The molecule has 1 aromatic carbocycles. The second-order valence-electron chi connectivity index (χ2n) is 6.51. The highest BCUT2D eigenvalue weighted by Gasteiger charge is 2.22. The predicted molar refractivity (Wildman–Crippen MR) is 97.1 cm³/mol. The minimum absolute atomic E-state index is 0.211. The van der Waals surface area contributed by atoms with Crippen LogP contribution in [0.5, 0.6) is 5.75 Å². The number of methoxy groups -OCH3 is 1. The molecule has 2 aromatic rings. The Hall–Kier alpha value is -1.89. The van der Waals surface area contributed by atoms with Gasteiger partial charge in [-0.1, -0.05) is 6.92 Å². The van der Waals surface area contributed by atoms with Crippen molar-refractivity contribution in [2.24, 2.45) is 0 Å². The number of aliphatic hydroxyl groups excluding tert-OH is 1. The minimum Gasteiger partial charge on any atom is -0.497 e. The lowest BCUT2D eigenvalue weighted by atomic mass is 10.1. The number of hydrogen-bond donors (Lipinski definition) is 1. The molecule has 136 valence electrons. The van der Waals surface area contributed by atoms with E-state index in [4.69, 9.17) is 9.15 Å². The van der Waals surface area contributed by atoms with Crippen LogP contribution in [0.1, 0.15) is 18.9 Å². The molecule has 1 fully saturated rings. The molecule has 1 atom stereocenters. The zero-order valence-corrected chi connectivity index (χ0v) is 14.9. The fraction of sp³-hybridized carbons (Fsp3) is 0.526. The summed E-state index contributed by atoms with van der Waals surface area (Å²) >= 11 is 0. The Morgan fingerprint density at radius 1 is 1.24 bits per heavy atom. The van der Waals surface area contributed by atoms with Crippen LogP contribution in [0.3, 0.4) is 0 Å². The predicted octanol–water partition coefficient (Wildman–Crippen LogP) is 1.69. The highest BCUT2D eigenvalue weighted by Crippen LogP contribution is 2.24. The van der Waals surface area contributed by atoms with Gasteiger partial charge in [0.25, 0.3) is 0 Å². The van der Waals surface area contributed by atoms with Crippen molar-refractivity contribution >= 4 is 11.0 Å². The van der Waals surface area contributed by atoms with Crippen molar-refractivity contribution in [3.8, 4) is 5.75 Å². The molecule has 1 unspecified atom stereocenters. The normalized spacial score (nSPS) is 17.7. The number of rotatable bonds is 6. The Balaban J connectivity index is 1.74. The van der Waals surface area contributed by atoms with Crippen LogP contribution >= 0.6 is 0 Å². The van der Waals surface area contributed by atoms with Gasteiger partial charge in [-0.15, -0.1) is 0 Å². The Morgan fingerprint density at radius 3 is 2.64 bits per heavy atom. The van der Waals surface area contributed by atoms with E-state index in [1.807, 2.05) is 12.1 Å². The molecule has 3 rings (SSSR count). The van der Waals surface area contributed by atoms with E-state index in [9.17, 15) is 9.90 Å². The summed E-state index contributed by atoms with van der Waals surface area (Å²) in [6.07, 6.45) is 0.961. The van der Waals surface area contributed by atoms with Crippen LogP contribution in [0.2, 0.25) is 0 Å². The minimum atomic E-state index is -0.333. The summed E-state index contributed by atoms with van der Waals surface area (Å²) in [5.41, 5.74) is 1.21. The fourth-order valence-corrected chi connectivity index (χ4v) is 3.50. The van der Waals surface area contributed by atoms with E-state index >= 15 is 0 Å². The van der Waals surface area contributed by atoms with E-state index in [1.165, 1.54) is 0 Å². The lowest BCUT2D eigenvalue weighted by molar-refractivity contribution is 0.0609. The van der Waals surface area contributed by atoms with Gasteiger partial charge in [-0.2, -0.15) is 0 Å². The van der Waals surface area contributed by atoms with Crippen LogP contribution in [0.4, 0.5) is 0 Å². The summed E-state index contributed by atoms with van der Waals surface area (Å²) in [6.45, 7) is 6.76. The number of fused-ring (bicyclic) bond motifs is 1. The zero-order chi connectivity index (χ0) is 17.8. The van der Waals surface area contributed by atoms with Gasteiger partial charge in [-0.25, -0.2) is 4.79 Å². The van der Waals surface area contributed by atoms with Crippen molar-refractivity contribution in [2.45, 2.75) is 25.9 Å². The average molecular weight is 346 g/mol. The maximum atomic E-state index is 11.9. The van der Waals surface area contributed by atoms with Gasteiger partial charge < -0.3 is 14.3 Å². The molecule has 1 N–H and O–H groups in total. The van der Waals surface area contributed by atoms with Gasteiger partial charge in [0.2, 0.25) is 0 Å². The second-order valence-corrected chi connectivity index (χ2v) is 6.51. The number of nitrogens with zero attached hydrogens (tertiary/aromatic N) is 2. The van der Waals surface area contributed by atoms with Crippen LogP contribution < -0.4 is 10.4 Å². The van der Waals surface area contributed by atoms with E-state index in [1.54, 1.807) is 19.2 Å². The van der Waals surface area contributed by atoms with Crippen molar-refractivity contribution in [1.82, 2.24) is 9.80 Å². The molecule has 1 saturated heterocycles. The highest BCUT2D eigenvalue weighted by molar-refractivity contribution is 5.81. The molecule has 1 aliphatic heterocycles. The van der Waals surface area contributed by atoms with Crippen LogP contribution in [0.15, 0.2) is 33.5 Å². The second kappa shape index (κ2) is 7.99.